The van der Waals surface area contributed by atoms with Gasteiger partial charge in [0, 0.05) is 6.07 Å². The van der Waals surface area contributed by atoms with E-state index in [1.54, 1.807) is 6.07 Å². The van der Waals surface area contributed by atoms with Crippen LogP contribution in [0.5, 0.6) is 0 Å². The number of nitrogens with one attached hydrogen (secondary N) is 1. The number of amides is 3. The van der Waals surface area contributed by atoms with Crippen molar-refractivity contribution in [1.82, 2.24) is 10.2 Å². The van der Waals surface area contributed by atoms with Gasteiger partial charge in [0.2, 0.25) is 0 Å². The van der Waals surface area contributed by atoms with Crippen LogP contribution in [0.2, 0.25) is 0 Å². The van der Waals surface area contributed by atoms with Crippen molar-refractivity contribution >= 4 is 23.6 Å². The lowest BCUT2D eigenvalue weighted by Gasteiger charge is -2.40. The van der Waals surface area contributed by atoms with Crippen molar-refractivity contribution in [2.24, 2.45) is 11.3 Å². The van der Waals surface area contributed by atoms with E-state index in [1.807, 2.05) is 0 Å². The first kappa shape index (κ1) is 21.7. The third-order valence-electron chi connectivity index (χ3n) is 6.17. The van der Waals surface area contributed by atoms with Gasteiger partial charge < -0.3 is 10.1 Å². The Morgan fingerprint density at radius 3 is 2.50 bits per heavy atom. The zero-order valence-corrected chi connectivity index (χ0v) is 17.5. The molecule has 9 nitrogen and oxygen atoms in total. The second-order valence-electron chi connectivity index (χ2n) is 9.09. The number of nitro groups is 1. The van der Waals surface area contributed by atoms with E-state index < -0.39 is 34.9 Å². The van der Waals surface area contributed by atoms with Crippen molar-refractivity contribution in [3.8, 4) is 0 Å². The second kappa shape index (κ2) is 8.04. The van der Waals surface area contributed by atoms with Gasteiger partial charge in [0.1, 0.15) is 18.7 Å². The molecule has 0 aromatic heterocycles. The van der Waals surface area contributed by atoms with Crippen molar-refractivity contribution < 1.29 is 24.0 Å². The molecule has 9 heteroatoms. The lowest BCUT2D eigenvalue weighted by molar-refractivity contribution is -0.385. The van der Waals surface area contributed by atoms with E-state index in [9.17, 15) is 24.5 Å². The second-order valence-corrected chi connectivity index (χ2v) is 9.09. The number of carbonyl (C=O) groups is 3. The molecule has 1 aromatic rings. The predicted octanol–water partition coefficient (Wildman–Crippen LogP) is 3.16. The zero-order chi connectivity index (χ0) is 22.1. The molecule has 3 rings (SSSR count). The SMILES string of the molecule is CC(C)(C)C1CCC2(CC1)NC(=O)N(CC(=O)OCc1ccccc1[N+](=O)[O-])C2=O. The molecule has 162 valence electrons. The van der Waals surface area contributed by atoms with Crippen molar-refractivity contribution in [3.63, 3.8) is 0 Å². The molecule has 1 aliphatic heterocycles. The molecule has 0 bridgehead atoms. The lowest BCUT2D eigenvalue weighted by atomic mass is 9.67. The Hall–Kier alpha value is -2.97. The molecule has 1 N–H and O–H groups in total. The molecule has 3 amide bonds. The first-order chi connectivity index (χ1) is 14.0. The highest BCUT2D eigenvalue weighted by atomic mass is 16.6. The van der Waals surface area contributed by atoms with Crippen LogP contribution in [-0.2, 0) is 20.9 Å². The maximum atomic E-state index is 12.9. The maximum absolute atomic E-state index is 12.9. The molecule has 30 heavy (non-hydrogen) atoms. The summed E-state index contributed by atoms with van der Waals surface area (Å²) in [6, 6.07) is 5.33. The first-order valence-electron chi connectivity index (χ1n) is 10.1. The largest absolute Gasteiger partial charge is 0.459 e. The number of nitrogens with zero attached hydrogens (tertiary/aromatic N) is 2. The average Bonchev–Trinajstić information content (AvgIpc) is 2.90. The number of para-hydroxylation sites is 1. The van der Waals surface area contributed by atoms with Crippen LogP contribution in [-0.4, -0.2) is 39.8 Å². The van der Waals surface area contributed by atoms with E-state index in [1.165, 1.54) is 18.2 Å². The molecule has 0 atom stereocenters. The molecular weight excluding hydrogens is 390 g/mol. The smallest absolute Gasteiger partial charge is 0.326 e. The Morgan fingerprint density at radius 2 is 1.90 bits per heavy atom. The van der Waals surface area contributed by atoms with Gasteiger partial charge in [-0.05, 0) is 43.1 Å². The lowest BCUT2D eigenvalue weighted by Crippen LogP contribution is -2.50. The van der Waals surface area contributed by atoms with E-state index in [0.29, 0.717) is 18.8 Å². The number of rotatable bonds is 5. The predicted molar refractivity (Wildman–Crippen MR) is 107 cm³/mol. The van der Waals surface area contributed by atoms with Crippen LogP contribution in [0.4, 0.5) is 10.5 Å². The number of ether oxygens (including phenoxy) is 1. The van der Waals surface area contributed by atoms with Gasteiger partial charge in [0.15, 0.2) is 0 Å². The van der Waals surface area contributed by atoms with Crippen molar-refractivity contribution in [2.75, 3.05) is 6.54 Å². The molecule has 1 saturated carbocycles. The molecule has 1 aliphatic carbocycles. The Labute approximate surface area is 174 Å². The van der Waals surface area contributed by atoms with Crippen molar-refractivity contribution in [3.05, 3.63) is 39.9 Å². The fourth-order valence-electron chi connectivity index (χ4n) is 4.28. The van der Waals surface area contributed by atoms with Gasteiger partial charge in [-0.2, -0.15) is 0 Å². The summed E-state index contributed by atoms with van der Waals surface area (Å²) < 4.78 is 5.10. The molecule has 0 unspecified atom stereocenters. The molecule has 1 saturated heterocycles. The minimum Gasteiger partial charge on any atom is -0.459 e. The maximum Gasteiger partial charge on any atom is 0.326 e. The van der Waals surface area contributed by atoms with E-state index in [0.717, 1.165) is 17.7 Å². The highest BCUT2D eigenvalue weighted by Crippen LogP contribution is 2.43. The highest BCUT2D eigenvalue weighted by Gasteiger charge is 2.53. The Morgan fingerprint density at radius 1 is 1.27 bits per heavy atom. The third kappa shape index (κ3) is 4.29. The topological polar surface area (TPSA) is 119 Å². The van der Waals surface area contributed by atoms with Crippen LogP contribution in [0.3, 0.4) is 0 Å². The summed E-state index contributed by atoms with van der Waals surface area (Å²) in [6.07, 6.45) is 2.74. The molecule has 2 fully saturated rings. The number of esters is 1. The van der Waals surface area contributed by atoms with E-state index in [2.05, 4.69) is 26.1 Å². The van der Waals surface area contributed by atoms with Gasteiger partial charge in [-0.25, -0.2) is 4.79 Å². The van der Waals surface area contributed by atoms with Crippen molar-refractivity contribution in [1.29, 1.82) is 0 Å². The van der Waals surface area contributed by atoms with E-state index in [4.69, 9.17) is 4.74 Å². The van der Waals surface area contributed by atoms with Gasteiger partial charge >= 0.3 is 12.0 Å². The van der Waals surface area contributed by atoms with Crippen LogP contribution in [0.1, 0.15) is 52.0 Å². The summed E-state index contributed by atoms with van der Waals surface area (Å²) in [5.41, 5.74) is -0.728. The van der Waals surface area contributed by atoms with Gasteiger partial charge in [-0.3, -0.25) is 24.6 Å². The molecule has 1 heterocycles. The first-order valence-corrected chi connectivity index (χ1v) is 10.1. The van der Waals surface area contributed by atoms with E-state index >= 15 is 0 Å². The number of hydrogen-bond donors (Lipinski definition) is 1. The quantitative estimate of drug-likeness (QED) is 0.340. The fourth-order valence-corrected chi connectivity index (χ4v) is 4.28. The zero-order valence-electron chi connectivity index (χ0n) is 17.5. The summed E-state index contributed by atoms with van der Waals surface area (Å²) in [7, 11) is 0. The summed E-state index contributed by atoms with van der Waals surface area (Å²) in [6.45, 7) is 5.69. The van der Waals surface area contributed by atoms with Crippen LogP contribution < -0.4 is 5.32 Å². The number of imide groups is 1. The Balaban J connectivity index is 1.60. The summed E-state index contributed by atoms with van der Waals surface area (Å²) >= 11 is 0. The Kier molecular flexibility index (Phi) is 5.83. The van der Waals surface area contributed by atoms with E-state index in [-0.39, 0.29) is 23.3 Å². The van der Waals surface area contributed by atoms with Crippen molar-refractivity contribution in [2.45, 2.75) is 58.6 Å². The normalized spacial score (nSPS) is 24.1. The highest BCUT2D eigenvalue weighted by molar-refractivity contribution is 6.08. The number of carbonyl (C=O) groups excluding carboxylic acids is 3. The van der Waals surface area contributed by atoms with Crippen LogP contribution in [0.25, 0.3) is 0 Å². The summed E-state index contributed by atoms with van der Waals surface area (Å²) in [4.78, 5) is 48.9. The molecular formula is C21H27N3O6. The standard InChI is InChI=1S/C21H27N3O6/c1-20(2,3)15-8-10-21(11-9-15)18(26)23(19(27)22-21)12-17(25)30-13-14-6-4-5-7-16(14)24(28)29/h4-7,15H,8-13H2,1-3H3,(H,22,27). The minimum absolute atomic E-state index is 0.136. The van der Waals surface area contributed by atoms with Gasteiger partial charge in [-0.1, -0.05) is 32.9 Å². The third-order valence-corrected chi connectivity index (χ3v) is 6.17. The minimum atomic E-state index is -0.947. The van der Waals surface area contributed by atoms with Crippen LogP contribution in [0.15, 0.2) is 24.3 Å². The summed E-state index contributed by atoms with van der Waals surface area (Å²) in [5, 5.41) is 13.8. The van der Waals surface area contributed by atoms with Crippen LogP contribution in [0, 0.1) is 21.4 Å². The summed E-state index contributed by atoms with van der Waals surface area (Å²) in [5.74, 6) is -0.729. The monoisotopic (exact) mass is 417 g/mol. The van der Waals surface area contributed by atoms with Crippen LogP contribution >= 0.6 is 0 Å². The molecule has 1 spiro atoms. The number of hydrogen-bond acceptors (Lipinski definition) is 6. The number of benzene rings is 1. The number of nitro benzene ring substituents is 1. The average molecular weight is 417 g/mol. The Bertz CT molecular complexity index is 868. The molecule has 0 radical (unpaired) electrons. The van der Waals surface area contributed by atoms with Gasteiger partial charge in [0.25, 0.3) is 11.6 Å². The molecule has 1 aromatic carbocycles. The fraction of sp³-hybridized carbons (Fsp3) is 0.571. The molecule has 2 aliphatic rings. The van der Waals surface area contributed by atoms with Gasteiger partial charge in [-0.15, -0.1) is 0 Å². The number of urea groups is 1. The van der Waals surface area contributed by atoms with Gasteiger partial charge in [0.05, 0.1) is 10.5 Å².